The fraction of sp³-hybridized carbons (Fsp3) is 0.143. The SMILES string of the molecule is BrCc1[nH]nc2ncc(Br)cc12. The smallest absolute Gasteiger partial charge is 0.181 e. The Morgan fingerprint density at radius 3 is 3.08 bits per heavy atom. The minimum atomic E-state index is 0.757. The van der Waals surface area contributed by atoms with E-state index in [0.717, 1.165) is 26.5 Å². The van der Waals surface area contributed by atoms with Crippen molar-refractivity contribution in [2.75, 3.05) is 0 Å². The van der Waals surface area contributed by atoms with Crippen molar-refractivity contribution in [2.24, 2.45) is 0 Å². The van der Waals surface area contributed by atoms with Crippen LogP contribution in [0.25, 0.3) is 11.0 Å². The Morgan fingerprint density at radius 1 is 1.50 bits per heavy atom. The number of aromatic nitrogens is 3. The molecule has 12 heavy (non-hydrogen) atoms. The molecule has 62 valence electrons. The van der Waals surface area contributed by atoms with Crippen LogP contribution in [0.15, 0.2) is 16.7 Å². The molecular formula is C7H5Br2N3. The summed E-state index contributed by atoms with van der Waals surface area (Å²) < 4.78 is 0.971. The molecule has 5 heteroatoms. The molecule has 0 fully saturated rings. The summed E-state index contributed by atoms with van der Waals surface area (Å²) >= 11 is 6.73. The van der Waals surface area contributed by atoms with Gasteiger partial charge in [0, 0.05) is 21.4 Å². The van der Waals surface area contributed by atoms with Gasteiger partial charge in [0.25, 0.3) is 0 Å². The van der Waals surface area contributed by atoms with Crippen molar-refractivity contribution in [3.63, 3.8) is 0 Å². The van der Waals surface area contributed by atoms with E-state index in [2.05, 4.69) is 47.0 Å². The third-order valence-corrected chi connectivity index (χ3v) is 2.58. The number of hydrogen-bond acceptors (Lipinski definition) is 2. The number of nitrogens with one attached hydrogen (secondary N) is 1. The molecule has 0 bridgehead atoms. The standard InChI is InChI=1S/C7H5Br2N3/c8-2-6-5-1-4(9)3-10-7(5)12-11-6/h1,3H,2H2,(H,10,11,12). The van der Waals surface area contributed by atoms with E-state index in [1.807, 2.05) is 6.07 Å². The highest BCUT2D eigenvalue weighted by Gasteiger charge is 2.04. The van der Waals surface area contributed by atoms with Gasteiger partial charge in [0.15, 0.2) is 5.65 Å². The van der Waals surface area contributed by atoms with Crippen LogP contribution in [0.3, 0.4) is 0 Å². The van der Waals surface area contributed by atoms with E-state index in [1.165, 1.54) is 0 Å². The van der Waals surface area contributed by atoms with Gasteiger partial charge in [-0.25, -0.2) is 4.98 Å². The fourth-order valence-electron chi connectivity index (χ4n) is 1.03. The van der Waals surface area contributed by atoms with E-state index < -0.39 is 0 Å². The van der Waals surface area contributed by atoms with Crippen LogP contribution in [-0.2, 0) is 5.33 Å². The zero-order valence-electron chi connectivity index (χ0n) is 6.01. The second-order valence-electron chi connectivity index (χ2n) is 2.36. The number of rotatable bonds is 1. The lowest BCUT2D eigenvalue weighted by atomic mass is 10.3. The third-order valence-electron chi connectivity index (χ3n) is 1.59. The van der Waals surface area contributed by atoms with Crippen LogP contribution >= 0.6 is 31.9 Å². The lowest BCUT2D eigenvalue weighted by molar-refractivity contribution is 1.05. The Labute approximate surface area is 85.8 Å². The van der Waals surface area contributed by atoms with E-state index in [9.17, 15) is 0 Å². The van der Waals surface area contributed by atoms with Gasteiger partial charge in [-0.1, -0.05) is 15.9 Å². The molecule has 0 radical (unpaired) electrons. The molecule has 0 aliphatic rings. The number of H-pyrrole nitrogens is 1. The number of hydrogen-bond donors (Lipinski definition) is 1. The van der Waals surface area contributed by atoms with E-state index in [1.54, 1.807) is 6.20 Å². The van der Waals surface area contributed by atoms with Crippen molar-refractivity contribution in [2.45, 2.75) is 5.33 Å². The van der Waals surface area contributed by atoms with Gasteiger partial charge in [-0.2, -0.15) is 5.10 Å². The topological polar surface area (TPSA) is 41.6 Å². The molecule has 0 aliphatic carbocycles. The summed E-state index contributed by atoms with van der Waals surface area (Å²) in [5.41, 5.74) is 1.81. The summed E-state index contributed by atoms with van der Waals surface area (Å²) in [6, 6.07) is 2.00. The largest absolute Gasteiger partial charge is 0.279 e. The summed E-state index contributed by atoms with van der Waals surface area (Å²) in [5.74, 6) is 0. The molecule has 0 atom stereocenters. The second kappa shape index (κ2) is 3.14. The molecule has 0 aromatic carbocycles. The number of fused-ring (bicyclic) bond motifs is 1. The van der Waals surface area contributed by atoms with Gasteiger partial charge in [-0.05, 0) is 22.0 Å². The van der Waals surface area contributed by atoms with Crippen molar-refractivity contribution in [3.8, 4) is 0 Å². The van der Waals surface area contributed by atoms with Gasteiger partial charge >= 0.3 is 0 Å². The quantitative estimate of drug-likeness (QED) is 0.821. The zero-order valence-corrected chi connectivity index (χ0v) is 9.18. The number of aromatic amines is 1. The van der Waals surface area contributed by atoms with Gasteiger partial charge in [-0.15, -0.1) is 0 Å². The first kappa shape index (κ1) is 8.19. The van der Waals surface area contributed by atoms with Crippen LogP contribution in [0.1, 0.15) is 5.69 Å². The summed E-state index contributed by atoms with van der Waals surface area (Å²) in [6.07, 6.45) is 1.74. The monoisotopic (exact) mass is 289 g/mol. The molecule has 2 aromatic rings. The molecule has 0 aliphatic heterocycles. The van der Waals surface area contributed by atoms with Crippen molar-refractivity contribution in [3.05, 3.63) is 22.4 Å². The van der Waals surface area contributed by atoms with Gasteiger partial charge in [0.2, 0.25) is 0 Å². The Balaban J connectivity index is 2.75. The van der Waals surface area contributed by atoms with E-state index >= 15 is 0 Å². The lowest BCUT2D eigenvalue weighted by Gasteiger charge is -1.91. The Kier molecular flexibility index (Phi) is 2.14. The zero-order chi connectivity index (χ0) is 8.55. The maximum Gasteiger partial charge on any atom is 0.181 e. The Bertz CT molecular complexity index is 410. The van der Waals surface area contributed by atoms with Crippen LogP contribution in [0.2, 0.25) is 0 Å². The number of alkyl halides is 1. The van der Waals surface area contributed by atoms with Crippen molar-refractivity contribution >= 4 is 42.9 Å². The van der Waals surface area contributed by atoms with Crippen LogP contribution < -0.4 is 0 Å². The molecule has 2 aromatic heterocycles. The van der Waals surface area contributed by atoms with Crippen molar-refractivity contribution in [1.82, 2.24) is 15.2 Å². The maximum absolute atomic E-state index is 4.14. The Morgan fingerprint density at radius 2 is 2.33 bits per heavy atom. The number of nitrogens with zero attached hydrogens (tertiary/aromatic N) is 2. The van der Waals surface area contributed by atoms with Crippen molar-refractivity contribution < 1.29 is 0 Å². The maximum atomic E-state index is 4.14. The minimum absolute atomic E-state index is 0.757. The van der Waals surface area contributed by atoms with Crippen LogP contribution in [-0.4, -0.2) is 15.2 Å². The molecule has 2 heterocycles. The predicted molar refractivity (Wildman–Crippen MR) is 54.2 cm³/mol. The first-order valence-electron chi connectivity index (χ1n) is 3.35. The first-order chi connectivity index (χ1) is 5.81. The molecule has 0 saturated carbocycles. The van der Waals surface area contributed by atoms with Crippen LogP contribution in [0.5, 0.6) is 0 Å². The summed E-state index contributed by atoms with van der Waals surface area (Å²) in [7, 11) is 0. The average Bonchev–Trinajstić information content (AvgIpc) is 2.46. The van der Waals surface area contributed by atoms with E-state index in [4.69, 9.17) is 0 Å². The van der Waals surface area contributed by atoms with Gasteiger partial charge < -0.3 is 0 Å². The van der Waals surface area contributed by atoms with Gasteiger partial charge in [0.05, 0.1) is 5.69 Å². The van der Waals surface area contributed by atoms with Gasteiger partial charge in [0.1, 0.15) is 0 Å². The lowest BCUT2D eigenvalue weighted by Crippen LogP contribution is -1.77. The molecular weight excluding hydrogens is 286 g/mol. The molecule has 1 N–H and O–H groups in total. The average molecular weight is 291 g/mol. The second-order valence-corrected chi connectivity index (χ2v) is 3.84. The highest BCUT2D eigenvalue weighted by atomic mass is 79.9. The van der Waals surface area contributed by atoms with Gasteiger partial charge in [-0.3, -0.25) is 5.10 Å². The number of pyridine rings is 1. The molecule has 0 spiro atoms. The highest BCUT2D eigenvalue weighted by molar-refractivity contribution is 9.10. The van der Waals surface area contributed by atoms with E-state index in [-0.39, 0.29) is 0 Å². The first-order valence-corrected chi connectivity index (χ1v) is 5.27. The third kappa shape index (κ3) is 1.27. The molecule has 0 unspecified atom stereocenters. The molecule has 0 saturated heterocycles. The fourth-order valence-corrected chi connectivity index (χ4v) is 1.78. The molecule has 2 rings (SSSR count). The van der Waals surface area contributed by atoms with E-state index in [0.29, 0.717) is 0 Å². The predicted octanol–water partition coefficient (Wildman–Crippen LogP) is 2.62. The Hall–Kier alpha value is -0.420. The summed E-state index contributed by atoms with van der Waals surface area (Å²) in [5, 5.41) is 8.78. The highest BCUT2D eigenvalue weighted by Crippen LogP contribution is 2.19. The van der Waals surface area contributed by atoms with Crippen LogP contribution in [0.4, 0.5) is 0 Å². The summed E-state index contributed by atoms with van der Waals surface area (Å²) in [6.45, 7) is 0. The normalized spacial score (nSPS) is 10.8. The summed E-state index contributed by atoms with van der Waals surface area (Å²) in [4.78, 5) is 4.14. The van der Waals surface area contributed by atoms with Crippen LogP contribution in [0, 0.1) is 0 Å². The van der Waals surface area contributed by atoms with Crippen molar-refractivity contribution in [1.29, 1.82) is 0 Å². The molecule has 0 amide bonds. The minimum Gasteiger partial charge on any atom is -0.279 e. The molecule has 3 nitrogen and oxygen atoms in total. The number of halogens is 2.